The van der Waals surface area contributed by atoms with Crippen LogP contribution in [0.4, 0.5) is 0 Å². The van der Waals surface area contributed by atoms with Gasteiger partial charge < -0.3 is 4.57 Å². The van der Waals surface area contributed by atoms with Crippen molar-refractivity contribution in [2.75, 3.05) is 0 Å². The van der Waals surface area contributed by atoms with Gasteiger partial charge in [0.2, 0.25) is 0 Å². The molecule has 0 spiro atoms. The molecule has 238 valence electrons. The second-order valence-electron chi connectivity index (χ2n) is 13.4. The van der Waals surface area contributed by atoms with Crippen molar-refractivity contribution in [3.63, 3.8) is 0 Å². The molecule has 0 bridgehead atoms. The van der Waals surface area contributed by atoms with Crippen LogP contribution in [0.15, 0.2) is 200 Å². The van der Waals surface area contributed by atoms with E-state index in [0.29, 0.717) is 0 Å². The summed E-state index contributed by atoms with van der Waals surface area (Å²) in [5, 5.41) is 7.54. The first-order valence-corrected chi connectivity index (χ1v) is 17.6. The maximum absolute atomic E-state index is 2.40. The van der Waals surface area contributed by atoms with Gasteiger partial charge in [-0.15, -0.1) is 0 Å². The first-order valence-electron chi connectivity index (χ1n) is 17.6. The number of hydrogen-bond acceptors (Lipinski definition) is 0. The van der Waals surface area contributed by atoms with E-state index in [1.54, 1.807) is 0 Å². The summed E-state index contributed by atoms with van der Waals surface area (Å²) in [5.41, 5.74) is 13.4. The van der Waals surface area contributed by atoms with Crippen molar-refractivity contribution < 1.29 is 0 Å². The number of rotatable bonds is 5. The molecular weight excluding hydrogens is 615 g/mol. The highest BCUT2D eigenvalue weighted by molar-refractivity contribution is 6.16. The summed E-state index contributed by atoms with van der Waals surface area (Å²) in [6, 6.07) is 73.0. The van der Waals surface area contributed by atoms with Crippen LogP contribution < -0.4 is 0 Å². The lowest BCUT2D eigenvalue weighted by Crippen LogP contribution is -1.92. The Morgan fingerprint density at radius 3 is 1.55 bits per heavy atom. The molecular formula is C50H33N. The molecule has 10 rings (SSSR count). The first-order chi connectivity index (χ1) is 25.3. The minimum absolute atomic E-state index is 1.17. The topological polar surface area (TPSA) is 4.93 Å². The SMILES string of the molecule is c1ccc(-c2cccc(-c3cc4ccc(-c5ccc6c(c5)c5ccccc5n6-c5ccccc5)cc4c4cc(-c5ccccc5)ccc34)c2)cc1. The molecule has 0 amide bonds. The average molecular weight is 648 g/mol. The Bertz CT molecular complexity index is 2880. The van der Waals surface area contributed by atoms with Gasteiger partial charge >= 0.3 is 0 Å². The van der Waals surface area contributed by atoms with E-state index >= 15 is 0 Å². The fourth-order valence-corrected chi connectivity index (χ4v) is 7.88. The first kappa shape index (κ1) is 29.2. The van der Waals surface area contributed by atoms with Gasteiger partial charge in [0.25, 0.3) is 0 Å². The summed E-state index contributed by atoms with van der Waals surface area (Å²) in [5.74, 6) is 0. The van der Waals surface area contributed by atoms with Crippen LogP contribution in [-0.2, 0) is 0 Å². The van der Waals surface area contributed by atoms with Crippen LogP contribution in [-0.4, -0.2) is 4.57 Å². The third-order valence-electron chi connectivity index (χ3n) is 10.4. The van der Waals surface area contributed by atoms with Crippen LogP contribution >= 0.6 is 0 Å². The summed E-state index contributed by atoms with van der Waals surface area (Å²) in [7, 11) is 0. The molecule has 1 aromatic heterocycles. The van der Waals surface area contributed by atoms with Gasteiger partial charge in [-0.1, -0.05) is 146 Å². The van der Waals surface area contributed by atoms with Gasteiger partial charge in [0, 0.05) is 16.5 Å². The lowest BCUT2D eigenvalue weighted by atomic mass is 9.89. The number of nitrogens with zero attached hydrogens (tertiary/aromatic N) is 1. The molecule has 0 unspecified atom stereocenters. The zero-order valence-electron chi connectivity index (χ0n) is 28.0. The average Bonchev–Trinajstić information content (AvgIpc) is 3.55. The molecule has 0 saturated heterocycles. The van der Waals surface area contributed by atoms with Gasteiger partial charge in [0.05, 0.1) is 11.0 Å². The van der Waals surface area contributed by atoms with Crippen molar-refractivity contribution in [1.29, 1.82) is 0 Å². The predicted octanol–water partition coefficient (Wildman–Crippen LogP) is 13.8. The van der Waals surface area contributed by atoms with Gasteiger partial charge in [-0.2, -0.15) is 0 Å². The van der Waals surface area contributed by atoms with Crippen molar-refractivity contribution in [2.45, 2.75) is 0 Å². The minimum atomic E-state index is 1.17. The molecule has 1 heteroatoms. The lowest BCUT2D eigenvalue weighted by molar-refractivity contribution is 1.18. The van der Waals surface area contributed by atoms with Crippen LogP contribution in [0.5, 0.6) is 0 Å². The molecule has 9 aromatic carbocycles. The highest BCUT2D eigenvalue weighted by atomic mass is 15.0. The van der Waals surface area contributed by atoms with Gasteiger partial charge in [0.1, 0.15) is 0 Å². The smallest absolute Gasteiger partial charge is 0.0541 e. The van der Waals surface area contributed by atoms with E-state index in [4.69, 9.17) is 0 Å². The third kappa shape index (κ3) is 5.02. The van der Waals surface area contributed by atoms with Crippen molar-refractivity contribution in [2.24, 2.45) is 0 Å². The Labute approximate surface area is 297 Å². The standard InChI is InChI=1S/C50H33N/c1-4-13-34(14-5-1)36-17-12-18-40(29-36)45-33-41-24-23-38(30-46(41)47-31-37(25-27-43(45)47)35-15-6-2-7-16-35)39-26-28-50-48(32-39)44-21-10-11-22-49(44)51(50)42-19-8-3-9-20-42/h1-33H. The molecule has 1 nitrogen and oxygen atoms in total. The summed E-state index contributed by atoms with van der Waals surface area (Å²) in [6.45, 7) is 0. The van der Waals surface area contributed by atoms with Crippen LogP contribution in [0.3, 0.4) is 0 Å². The number of para-hydroxylation sites is 2. The van der Waals surface area contributed by atoms with Gasteiger partial charge in [-0.3, -0.25) is 0 Å². The maximum atomic E-state index is 2.40. The van der Waals surface area contributed by atoms with E-state index in [9.17, 15) is 0 Å². The molecule has 51 heavy (non-hydrogen) atoms. The molecule has 0 aliphatic rings. The number of hydrogen-bond donors (Lipinski definition) is 0. The third-order valence-corrected chi connectivity index (χ3v) is 10.4. The van der Waals surface area contributed by atoms with Gasteiger partial charge in [0.15, 0.2) is 0 Å². The van der Waals surface area contributed by atoms with E-state index in [1.807, 2.05) is 0 Å². The van der Waals surface area contributed by atoms with Gasteiger partial charge in [-0.05, 0) is 121 Å². The zero-order chi connectivity index (χ0) is 33.7. The fraction of sp³-hybridized carbons (Fsp3) is 0. The van der Waals surface area contributed by atoms with Crippen molar-refractivity contribution >= 4 is 43.4 Å². The van der Waals surface area contributed by atoms with E-state index in [-0.39, 0.29) is 0 Å². The minimum Gasteiger partial charge on any atom is -0.309 e. The van der Waals surface area contributed by atoms with Crippen molar-refractivity contribution in [3.05, 3.63) is 200 Å². The zero-order valence-corrected chi connectivity index (χ0v) is 28.0. The largest absolute Gasteiger partial charge is 0.309 e. The molecule has 0 saturated carbocycles. The summed E-state index contributed by atoms with van der Waals surface area (Å²) in [6.07, 6.45) is 0. The Morgan fingerprint density at radius 1 is 0.255 bits per heavy atom. The normalized spacial score (nSPS) is 11.5. The molecule has 0 radical (unpaired) electrons. The molecule has 0 atom stereocenters. The fourth-order valence-electron chi connectivity index (χ4n) is 7.88. The number of benzene rings is 9. The van der Waals surface area contributed by atoms with Crippen LogP contribution in [0, 0.1) is 0 Å². The number of fused-ring (bicyclic) bond motifs is 6. The Balaban J connectivity index is 1.18. The monoisotopic (exact) mass is 647 g/mol. The predicted molar refractivity (Wildman–Crippen MR) is 218 cm³/mol. The Kier molecular flexibility index (Phi) is 6.89. The lowest BCUT2D eigenvalue weighted by Gasteiger charge is -2.15. The van der Waals surface area contributed by atoms with E-state index in [0.717, 1.165) is 0 Å². The summed E-state index contributed by atoms with van der Waals surface area (Å²) >= 11 is 0. The van der Waals surface area contributed by atoms with Crippen molar-refractivity contribution in [3.8, 4) is 50.2 Å². The Morgan fingerprint density at radius 2 is 0.784 bits per heavy atom. The molecule has 1 heterocycles. The van der Waals surface area contributed by atoms with E-state index in [1.165, 1.54) is 93.5 Å². The molecule has 0 aliphatic heterocycles. The van der Waals surface area contributed by atoms with Gasteiger partial charge in [-0.25, -0.2) is 0 Å². The molecule has 0 aliphatic carbocycles. The molecule has 0 fully saturated rings. The molecule has 0 N–H and O–H groups in total. The number of aromatic nitrogens is 1. The second kappa shape index (κ2) is 12.0. The Hall–Kier alpha value is -6.70. The second-order valence-corrected chi connectivity index (χ2v) is 13.4. The summed E-state index contributed by atoms with van der Waals surface area (Å²) < 4.78 is 2.38. The van der Waals surface area contributed by atoms with Crippen LogP contribution in [0.1, 0.15) is 0 Å². The molecule has 10 aromatic rings. The van der Waals surface area contributed by atoms with Crippen LogP contribution in [0.2, 0.25) is 0 Å². The van der Waals surface area contributed by atoms with E-state index < -0.39 is 0 Å². The van der Waals surface area contributed by atoms with Crippen LogP contribution in [0.25, 0.3) is 93.5 Å². The quantitative estimate of drug-likeness (QED) is 0.164. The van der Waals surface area contributed by atoms with E-state index in [2.05, 4.69) is 205 Å². The maximum Gasteiger partial charge on any atom is 0.0541 e. The van der Waals surface area contributed by atoms with Crippen molar-refractivity contribution in [1.82, 2.24) is 4.57 Å². The highest BCUT2D eigenvalue weighted by Gasteiger charge is 2.15. The highest BCUT2D eigenvalue weighted by Crippen LogP contribution is 2.41. The summed E-state index contributed by atoms with van der Waals surface area (Å²) in [4.78, 5) is 0.